The number of nitrogens with two attached hydrogens (primary N) is 1. The molecule has 0 radical (unpaired) electrons. The molecule has 4 N–H and O–H groups in total. The van der Waals surface area contributed by atoms with Gasteiger partial charge in [0.2, 0.25) is 0 Å². The molecule has 32 heavy (non-hydrogen) atoms. The number of aldehydes is 1. The van der Waals surface area contributed by atoms with Gasteiger partial charge < -0.3 is 24.8 Å². The molecule has 0 unspecified atom stereocenters. The number of rotatable bonds is 10. The van der Waals surface area contributed by atoms with Crippen molar-refractivity contribution in [3.8, 4) is 11.5 Å². The Bertz CT molecular complexity index is 984. The Morgan fingerprint density at radius 2 is 1.59 bits per heavy atom. The topological polar surface area (TPSA) is 139 Å². The zero-order chi connectivity index (χ0) is 22.9. The molecule has 0 saturated carbocycles. The Balaban J connectivity index is 1.52. The predicted molar refractivity (Wildman–Crippen MR) is 119 cm³/mol. The SMILES string of the molecule is N=C(N)c1ccc(OCC=O)c(OCCOC(=O)c2ccc(C(=N)N3CCCC3)cc2)c1. The number of nitrogens with zero attached hydrogens (tertiary/aromatic N) is 1. The number of carbonyl (C=O) groups is 2. The maximum absolute atomic E-state index is 12.3. The number of hydrogen-bond donors (Lipinski definition) is 3. The number of nitrogens with one attached hydrogen (secondary N) is 2. The number of hydrogen-bond acceptors (Lipinski definition) is 7. The molecule has 2 aromatic carbocycles. The van der Waals surface area contributed by atoms with Crippen molar-refractivity contribution in [2.24, 2.45) is 5.73 Å². The van der Waals surface area contributed by atoms with Crippen LogP contribution in [0, 0.1) is 10.8 Å². The predicted octanol–water partition coefficient (Wildman–Crippen LogP) is 2.21. The van der Waals surface area contributed by atoms with Gasteiger partial charge in [0.15, 0.2) is 17.8 Å². The van der Waals surface area contributed by atoms with E-state index in [1.807, 2.05) is 4.90 Å². The minimum atomic E-state index is -0.497. The monoisotopic (exact) mass is 438 g/mol. The number of ether oxygens (including phenoxy) is 3. The summed E-state index contributed by atoms with van der Waals surface area (Å²) < 4.78 is 16.2. The second-order valence-electron chi connectivity index (χ2n) is 7.16. The lowest BCUT2D eigenvalue weighted by molar-refractivity contribution is -0.109. The van der Waals surface area contributed by atoms with Gasteiger partial charge in [0.05, 0.1) is 5.56 Å². The Morgan fingerprint density at radius 3 is 2.25 bits per heavy atom. The Morgan fingerprint density at radius 1 is 0.938 bits per heavy atom. The molecule has 0 amide bonds. The molecule has 0 atom stereocenters. The lowest BCUT2D eigenvalue weighted by Crippen LogP contribution is -2.27. The van der Waals surface area contributed by atoms with Crippen LogP contribution in [0.1, 0.15) is 34.3 Å². The molecule has 0 aromatic heterocycles. The number of nitrogen functional groups attached to an aromatic ring is 1. The number of benzene rings is 2. The van der Waals surface area contributed by atoms with Crippen LogP contribution in [0.2, 0.25) is 0 Å². The molecule has 1 aliphatic rings. The first-order valence-electron chi connectivity index (χ1n) is 10.3. The highest BCUT2D eigenvalue weighted by Gasteiger charge is 2.17. The van der Waals surface area contributed by atoms with Gasteiger partial charge >= 0.3 is 5.97 Å². The van der Waals surface area contributed by atoms with Gasteiger partial charge in [-0.2, -0.15) is 0 Å². The smallest absolute Gasteiger partial charge is 0.338 e. The summed E-state index contributed by atoms with van der Waals surface area (Å²) in [5, 5.41) is 15.8. The fourth-order valence-corrected chi connectivity index (χ4v) is 3.29. The van der Waals surface area contributed by atoms with Gasteiger partial charge in [0.1, 0.15) is 31.5 Å². The van der Waals surface area contributed by atoms with Crippen molar-refractivity contribution in [2.45, 2.75) is 12.8 Å². The van der Waals surface area contributed by atoms with E-state index < -0.39 is 5.97 Å². The maximum Gasteiger partial charge on any atom is 0.338 e. The van der Waals surface area contributed by atoms with E-state index in [1.165, 1.54) is 6.07 Å². The average molecular weight is 438 g/mol. The highest BCUT2D eigenvalue weighted by atomic mass is 16.6. The lowest BCUT2D eigenvalue weighted by Gasteiger charge is -2.18. The third-order valence-corrected chi connectivity index (χ3v) is 4.95. The second-order valence-corrected chi connectivity index (χ2v) is 7.16. The zero-order valence-electron chi connectivity index (χ0n) is 17.6. The van der Waals surface area contributed by atoms with E-state index in [4.69, 9.17) is 30.8 Å². The summed E-state index contributed by atoms with van der Waals surface area (Å²) in [5.74, 6) is 0.452. The number of carbonyl (C=O) groups excluding carboxylic acids is 2. The number of esters is 1. The van der Waals surface area contributed by atoms with Gasteiger partial charge in [-0.15, -0.1) is 0 Å². The third-order valence-electron chi connectivity index (χ3n) is 4.95. The second kappa shape index (κ2) is 10.9. The Labute approximate surface area is 186 Å². The average Bonchev–Trinajstić information content (AvgIpc) is 3.35. The van der Waals surface area contributed by atoms with Gasteiger partial charge in [-0.3, -0.25) is 15.6 Å². The van der Waals surface area contributed by atoms with Crippen LogP contribution in [0.5, 0.6) is 11.5 Å². The molecule has 9 heteroatoms. The van der Waals surface area contributed by atoms with Crippen LogP contribution in [0.3, 0.4) is 0 Å². The van der Waals surface area contributed by atoms with Crippen LogP contribution >= 0.6 is 0 Å². The van der Waals surface area contributed by atoms with Gasteiger partial charge in [-0.1, -0.05) is 12.1 Å². The molecular weight excluding hydrogens is 412 g/mol. The Hall–Kier alpha value is -3.88. The van der Waals surface area contributed by atoms with Crippen molar-refractivity contribution in [1.29, 1.82) is 10.8 Å². The summed E-state index contributed by atoms with van der Waals surface area (Å²) in [5.41, 5.74) is 7.09. The summed E-state index contributed by atoms with van der Waals surface area (Å²) >= 11 is 0. The van der Waals surface area contributed by atoms with Crippen LogP contribution in [0.25, 0.3) is 0 Å². The summed E-state index contributed by atoms with van der Waals surface area (Å²) in [7, 11) is 0. The largest absolute Gasteiger partial charge is 0.486 e. The molecular formula is C23H26N4O5. The van der Waals surface area contributed by atoms with E-state index in [0.29, 0.717) is 34.7 Å². The first-order chi connectivity index (χ1) is 15.5. The van der Waals surface area contributed by atoms with Crippen LogP contribution in [-0.2, 0) is 9.53 Å². The molecule has 168 valence electrons. The lowest BCUT2D eigenvalue weighted by atomic mass is 10.1. The molecule has 0 bridgehead atoms. The van der Waals surface area contributed by atoms with Crippen molar-refractivity contribution in [3.63, 3.8) is 0 Å². The first kappa shape index (κ1) is 22.8. The van der Waals surface area contributed by atoms with Crippen LogP contribution < -0.4 is 15.2 Å². The third kappa shape index (κ3) is 5.84. The molecule has 2 aromatic rings. The summed E-state index contributed by atoms with van der Waals surface area (Å²) in [4.78, 5) is 24.9. The van der Waals surface area contributed by atoms with E-state index in [-0.39, 0.29) is 25.7 Å². The van der Waals surface area contributed by atoms with E-state index in [0.717, 1.165) is 31.5 Å². The minimum absolute atomic E-state index is 0.0123. The molecule has 1 saturated heterocycles. The van der Waals surface area contributed by atoms with Crippen molar-refractivity contribution in [2.75, 3.05) is 32.9 Å². The normalized spacial score (nSPS) is 12.8. The van der Waals surface area contributed by atoms with Crippen LogP contribution in [-0.4, -0.2) is 61.7 Å². The maximum atomic E-state index is 12.3. The fourth-order valence-electron chi connectivity index (χ4n) is 3.29. The quantitative estimate of drug-likeness (QED) is 0.170. The zero-order valence-corrected chi connectivity index (χ0v) is 17.6. The highest BCUT2D eigenvalue weighted by molar-refractivity contribution is 5.98. The molecule has 1 heterocycles. The summed E-state index contributed by atoms with van der Waals surface area (Å²) in [6, 6.07) is 11.5. The number of likely N-dealkylation sites (tertiary alicyclic amines) is 1. The molecule has 3 rings (SSSR count). The van der Waals surface area contributed by atoms with E-state index in [2.05, 4.69) is 0 Å². The van der Waals surface area contributed by atoms with E-state index in [1.54, 1.807) is 36.4 Å². The first-order valence-corrected chi connectivity index (χ1v) is 10.3. The standard InChI is InChI=1S/C23H26N4O5/c24-21(25)18-7-8-19(30-12-11-28)20(15-18)31-13-14-32-23(29)17-5-3-16(4-6-17)22(26)27-9-1-2-10-27/h3-8,11,15,26H,1-2,9-10,12-14H2,(H3,24,25). The Kier molecular flexibility index (Phi) is 7.80. The fraction of sp³-hybridized carbons (Fsp3) is 0.304. The molecule has 9 nitrogen and oxygen atoms in total. The van der Waals surface area contributed by atoms with Gasteiger partial charge in [0, 0.05) is 24.2 Å². The summed E-state index contributed by atoms with van der Waals surface area (Å²) in [6.45, 7) is 1.67. The van der Waals surface area contributed by atoms with E-state index in [9.17, 15) is 9.59 Å². The summed E-state index contributed by atoms with van der Waals surface area (Å²) in [6.07, 6.45) is 2.81. The van der Waals surface area contributed by atoms with Crippen molar-refractivity contribution in [1.82, 2.24) is 4.90 Å². The van der Waals surface area contributed by atoms with Gasteiger partial charge in [0.25, 0.3) is 0 Å². The molecule has 1 fully saturated rings. The van der Waals surface area contributed by atoms with Gasteiger partial charge in [-0.25, -0.2) is 4.79 Å². The molecule has 0 spiro atoms. The highest BCUT2D eigenvalue weighted by Crippen LogP contribution is 2.28. The molecule has 1 aliphatic heterocycles. The van der Waals surface area contributed by atoms with Crippen molar-refractivity contribution in [3.05, 3.63) is 59.2 Å². The van der Waals surface area contributed by atoms with Crippen LogP contribution in [0.15, 0.2) is 42.5 Å². The van der Waals surface area contributed by atoms with Crippen molar-refractivity contribution < 1.29 is 23.8 Å². The number of amidine groups is 2. The minimum Gasteiger partial charge on any atom is -0.486 e. The van der Waals surface area contributed by atoms with Crippen LogP contribution in [0.4, 0.5) is 0 Å². The van der Waals surface area contributed by atoms with Gasteiger partial charge in [-0.05, 0) is 43.2 Å². The van der Waals surface area contributed by atoms with Crippen molar-refractivity contribution >= 4 is 23.9 Å². The molecule has 0 aliphatic carbocycles. The van der Waals surface area contributed by atoms with E-state index >= 15 is 0 Å².